The van der Waals surface area contributed by atoms with Crippen LogP contribution in [0.15, 0.2) is 48.5 Å². The van der Waals surface area contributed by atoms with Crippen molar-refractivity contribution in [2.75, 3.05) is 0 Å². The van der Waals surface area contributed by atoms with E-state index in [-0.39, 0.29) is 11.6 Å². The van der Waals surface area contributed by atoms with Gasteiger partial charge in [0.15, 0.2) is 0 Å². The zero-order valence-corrected chi connectivity index (χ0v) is 13.6. The summed E-state index contributed by atoms with van der Waals surface area (Å²) in [6.07, 6.45) is 0. The fourth-order valence-corrected chi connectivity index (χ4v) is 2.26. The molecule has 1 atom stereocenters. The van der Waals surface area contributed by atoms with Crippen molar-refractivity contribution in [2.45, 2.75) is 46.3 Å². The number of rotatable bonds is 4. The minimum absolute atomic E-state index is 0.0327. The minimum atomic E-state index is -0.231. The standard InChI is InChI=1S/C19H25NO/c1-14-11-12-15(2)17(13-14)18(20-21-19(3,4)5)16-9-7-6-8-10-16/h6-13,18,20H,1-5H3. The summed E-state index contributed by atoms with van der Waals surface area (Å²) >= 11 is 0. The van der Waals surface area contributed by atoms with Gasteiger partial charge in [0.05, 0.1) is 11.6 Å². The Morgan fingerprint density at radius 2 is 1.62 bits per heavy atom. The predicted octanol–water partition coefficient (Wildman–Crippen LogP) is 4.71. The minimum Gasteiger partial charge on any atom is -0.295 e. The molecule has 1 unspecified atom stereocenters. The first-order valence-corrected chi connectivity index (χ1v) is 7.42. The van der Waals surface area contributed by atoms with Crippen LogP contribution in [-0.2, 0) is 4.84 Å². The van der Waals surface area contributed by atoms with Gasteiger partial charge in [0.25, 0.3) is 0 Å². The molecule has 0 aliphatic heterocycles. The Morgan fingerprint density at radius 1 is 0.952 bits per heavy atom. The molecular formula is C19H25NO. The van der Waals surface area contributed by atoms with Crippen molar-refractivity contribution in [1.29, 1.82) is 0 Å². The van der Waals surface area contributed by atoms with Gasteiger partial charge in [0.2, 0.25) is 0 Å². The van der Waals surface area contributed by atoms with E-state index in [0.717, 1.165) is 0 Å². The summed E-state index contributed by atoms with van der Waals surface area (Å²) in [5.41, 5.74) is 8.01. The number of nitrogens with one attached hydrogen (secondary N) is 1. The third-order valence-electron chi connectivity index (χ3n) is 3.36. The fraction of sp³-hybridized carbons (Fsp3) is 0.368. The summed E-state index contributed by atoms with van der Waals surface area (Å²) < 4.78 is 0. The van der Waals surface area contributed by atoms with Gasteiger partial charge in [-0.25, -0.2) is 0 Å². The Morgan fingerprint density at radius 3 is 2.24 bits per heavy atom. The van der Waals surface area contributed by atoms with Crippen LogP contribution in [0.2, 0.25) is 0 Å². The molecule has 1 N–H and O–H groups in total. The van der Waals surface area contributed by atoms with Crippen LogP contribution >= 0.6 is 0 Å². The van der Waals surface area contributed by atoms with Crippen molar-refractivity contribution in [1.82, 2.24) is 5.48 Å². The third kappa shape index (κ3) is 4.42. The van der Waals surface area contributed by atoms with Crippen molar-refractivity contribution in [3.8, 4) is 0 Å². The average molecular weight is 283 g/mol. The molecule has 0 radical (unpaired) electrons. The molecule has 2 rings (SSSR count). The van der Waals surface area contributed by atoms with Gasteiger partial charge in [-0.3, -0.25) is 4.84 Å². The molecule has 0 saturated heterocycles. The van der Waals surface area contributed by atoms with Gasteiger partial charge in [-0.2, -0.15) is 5.48 Å². The van der Waals surface area contributed by atoms with Gasteiger partial charge in [-0.15, -0.1) is 0 Å². The van der Waals surface area contributed by atoms with Gasteiger partial charge >= 0.3 is 0 Å². The van der Waals surface area contributed by atoms with Gasteiger partial charge in [0, 0.05) is 0 Å². The van der Waals surface area contributed by atoms with E-state index in [1.165, 1.54) is 22.3 Å². The van der Waals surface area contributed by atoms with E-state index in [4.69, 9.17) is 4.84 Å². The summed E-state index contributed by atoms with van der Waals surface area (Å²) in [4.78, 5) is 5.85. The Hall–Kier alpha value is -1.64. The van der Waals surface area contributed by atoms with Gasteiger partial charge in [0.1, 0.15) is 0 Å². The SMILES string of the molecule is Cc1ccc(C)c(C(NOC(C)(C)C)c2ccccc2)c1. The first-order valence-electron chi connectivity index (χ1n) is 7.42. The quantitative estimate of drug-likeness (QED) is 0.820. The van der Waals surface area contributed by atoms with E-state index >= 15 is 0 Å². The molecule has 0 saturated carbocycles. The predicted molar refractivity (Wildman–Crippen MR) is 88.2 cm³/mol. The maximum Gasteiger partial charge on any atom is 0.0824 e. The molecule has 0 aromatic heterocycles. The Bertz CT molecular complexity index is 584. The largest absolute Gasteiger partial charge is 0.295 e. The highest BCUT2D eigenvalue weighted by Crippen LogP contribution is 2.26. The number of hydrogen-bond donors (Lipinski definition) is 1. The normalized spacial score (nSPS) is 13.2. The van der Waals surface area contributed by atoms with Gasteiger partial charge in [-0.1, -0.05) is 54.1 Å². The summed E-state index contributed by atoms with van der Waals surface area (Å²) in [7, 11) is 0. The van der Waals surface area contributed by atoms with Crippen molar-refractivity contribution in [3.05, 3.63) is 70.8 Å². The number of hydrogen-bond acceptors (Lipinski definition) is 2. The lowest BCUT2D eigenvalue weighted by molar-refractivity contribution is -0.0837. The van der Waals surface area contributed by atoms with Crippen molar-refractivity contribution in [3.63, 3.8) is 0 Å². The molecule has 2 nitrogen and oxygen atoms in total. The topological polar surface area (TPSA) is 21.3 Å². The Balaban J connectivity index is 2.38. The van der Waals surface area contributed by atoms with E-state index in [0.29, 0.717) is 0 Å². The molecule has 0 amide bonds. The molecule has 0 spiro atoms. The second-order valence-corrected chi connectivity index (χ2v) is 6.54. The Kier molecular flexibility index (Phi) is 4.81. The van der Waals surface area contributed by atoms with E-state index in [9.17, 15) is 0 Å². The number of hydroxylamine groups is 1. The van der Waals surface area contributed by atoms with Crippen LogP contribution in [0.1, 0.15) is 49.1 Å². The monoisotopic (exact) mass is 283 g/mol. The molecule has 2 aromatic rings. The van der Waals surface area contributed by atoms with Crippen LogP contribution in [0.3, 0.4) is 0 Å². The molecular weight excluding hydrogens is 258 g/mol. The number of benzene rings is 2. The lowest BCUT2D eigenvalue weighted by atomic mass is 9.94. The maximum atomic E-state index is 5.85. The highest BCUT2D eigenvalue weighted by atomic mass is 16.7. The molecule has 0 aliphatic carbocycles. The summed E-state index contributed by atoms with van der Waals surface area (Å²) in [5, 5.41) is 0. The first kappa shape index (κ1) is 15.7. The molecule has 0 bridgehead atoms. The highest BCUT2D eigenvalue weighted by Gasteiger charge is 2.19. The van der Waals surface area contributed by atoms with Crippen molar-refractivity contribution in [2.24, 2.45) is 0 Å². The van der Waals surface area contributed by atoms with E-state index in [1.54, 1.807) is 0 Å². The maximum absolute atomic E-state index is 5.85. The van der Waals surface area contributed by atoms with Crippen LogP contribution in [0.4, 0.5) is 0 Å². The van der Waals surface area contributed by atoms with Gasteiger partial charge < -0.3 is 0 Å². The molecule has 2 heteroatoms. The molecule has 0 fully saturated rings. The lowest BCUT2D eigenvalue weighted by Crippen LogP contribution is -2.33. The molecule has 2 aromatic carbocycles. The van der Waals surface area contributed by atoms with Gasteiger partial charge in [-0.05, 0) is 51.3 Å². The average Bonchev–Trinajstić information content (AvgIpc) is 2.43. The smallest absolute Gasteiger partial charge is 0.0824 e. The lowest BCUT2D eigenvalue weighted by Gasteiger charge is -2.27. The molecule has 21 heavy (non-hydrogen) atoms. The fourth-order valence-electron chi connectivity index (χ4n) is 2.26. The second-order valence-electron chi connectivity index (χ2n) is 6.54. The van der Waals surface area contributed by atoms with Crippen molar-refractivity contribution >= 4 is 0 Å². The van der Waals surface area contributed by atoms with Crippen LogP contribution in [0, 0.1) is 13.8 Å². The zero-order chi connectivity index (χ0) is 15.5. The first-order chi connectivity index (χ1) is 9.87. The Labute approximate surface area is 128 Å². The van der Waals surface area contributed by atoms with E-state index in [2.05, 4.69) is 61.8 Å². The number of aryl methyl sites for hydroxylation is 2. The van der Waals surface area contributed by atoms with E-state index < -0.39 is 0 Å². The molecule has 0 heterocycles. The van der Waals surface area contributed by atoms with Crippen LogP contribution < -0.4 is 5.48 Å². The summed E-state index contributed by atoms with van der Waals surface area (Å²) in [6, 6.07) is 17.0. The third-order valence-corrected chi connectivity index (χ3v) is 3.36. The summed E-state index contributed by atoms with van der Waals surface area (Å²) in [5.74, 6) is 0. The summed E-state index contributed by atoms with van der Waals surface area (Å²) in [6.45, 7) is 10.4. The molecule has 0 aliphatic rings. The van der Waals surface area contributed by atoms with Crippen LogP contribution in [-0.4, -0.2) is 5.60 Å². The molecule has 112 valence electrons. The zero-order valence-electron chi connectivity index (χ0n) is 13.6. The van der Waals surface area contributed by atoms with Crippen LogP contribution in [0.25, 0.3) is 0 Å². The van der Waals surface area contributed by atoms with Crippen LogP contribution in [0.5, 0.6) is 0 Å². The highest BCUT2D eigenvalue weighted by molar-refractivity contribution is 5.38. The van der Waals surface area contributed by atoms with Crippen molar-refractivity contribution < 1.29 is 4.84 Å². The van der Waals surface area contributed by atoms with E-state index in [1.807, 2.05) is 26.8 Å². The second kappa shape index (κ2) is 6.42.